The van der Waals surface area contributed by atoms with E-state index in [1.165, 1.54) is 0 Å². The van der Waals surface area contributed by atoms with Gasteiger partial charge in [0, 0.05) is 24.0 Å². The molecule has 3 aromatic rings. The maximum atomic E-state index is 12.7. The standard InChI is InChI=1S/C27H25N3O4S/c1-33-19-11-9-18(10-12-19)30-23-20-14-22(31)25(34-26(20)32)24(23)29(27(30)35)15-16-5-7-17(8-6-16)21-4-2-3-13-28-21/h2-13,20,22-25,31H,14-15H2,1H3/t20-,22+,23+,24+,25-/m0/s1. The summed E-state index contributed by atoms with van der Waals surface area (Å²) in [6.07, 6.45) is 0.843. The SMILES string of the molecule is COc1ccc(N2C(=S)N(Cc3ccc(-c4ccccn4)cc3)[C@H]3[C@H]4OC(=O)[C@@H](C[C@H]4O)[C@H]32)cc1. The smallest absolute Gasteiger partial charge is 0.311 e. The number of ether oxygens (including phenoxy) is 2. The van der Waals surface area contributed by atoms with E-state index in [1.807, 2.05) is 42.5 Å². The summed E-state index contributed by atoms with van der Waals surface area (Å²) >= 11 is 5.99. The van der Waals surface area contributed by atoms with E-state index >= 15 is 0 Å². The molecule has 1 saturated carbocycles. The maximum Gasteiger partial charge on any atom is 0.311 e. The van der Waals surface area contributed by atoms with Gasteiger partial charge in [-0.25, -0.2) is 0 Å². The number of hydrogen-bond donors (Lipinski definition) is 1. The lowest BCUT2D eigenvalue weighted by molar-refractivity contribution is -0.194. The third-order valence-corrected chi connectivity index (χ3v) is 7.69. The van der Waals surface area contributed by atoms with Crippen LogP contribution in [0.15, 0.2) is 72.9 Å². The Morgan fingerprint density at radius 2 is 1.86 bits per heavy atom. The second-order valence-electron chi connectivity index (χ2n) is 9.18. The fourth-order valence-electron chi connectivity index (χ4n) is 5.60. The van der Waals surface area contributed by atoms with Gasteiger partial charge in [0.15, 0.2) is 5.11 Å². The molecule has 2 bridgehead atoms. The highest BCUT2D eigenvalue weighted by Gasteiger charge is 2.62. The topological polar surface area (TPSA) is 75.1 Å². The van der Waals surface area contributed by atoms with E-state index in [0.29, 0.717) is 18.1 Å². The van der Waals surface area contributed by atoms with Gasteiger partial charge in [-0.3, -0.25) is 9.78 Å². The Hall–Kier alpha value is -3.49. The molecule has 178 valence electrons. The second kappa shape index (κ2) is 8.62. The van der Waals surface area contributed by atoms with Crippen molar-refractivity contribution in [2.45, 2.75) is 37.3 Å². The highest BCUT2D eigenvalue weighted by molar-refractivity contribution is 7.80. The Balaban J connectivity index is 1.34. The average Bonchev–Trinajstić information content (AvgIpc) is 3.18. The lowest BCUT2D eigenvalue weighted by atomic mass is 9.74. The lowest BCUT2D eigenvalue weighted by Gasteiger charge is -2.49. The summed E-state index contributed by atoms with van der Waals surface area (Å²) < 4.78 is 11.0. The molecule has 3 saturated heterocycles. The molecule has 0 unspecified atom stereocenters. The highest BCUT2D eigenvalue weighted by Crippen LogP contribution is 2.46. The number of benzene rings is 2. The highest BCUT2D eigenvalue weighted by atomic mass is 32.1. The first-order chi connectivity index (χ1) is 17.0. The predicted octanol–water partition coefficient (Wildman–Crippen LogP) is 3.41. The minimum Gasteiger partial charge on any atom is -0.497 e. The van der Waals surface area contributed by atoms with Crippen molar-refractivity contribution < 1.29 is 19.4 Å². The minimum atomic E-state index is -0.702. The van der Waals surface area contributed by atoms with Crippen LogP contribution < -0.4 is 9.64 Å². The van der Waals surface area contributed by atoms with Gasteiger partial charge in [-0.05, 0) is 60.6 Å². The Bertz CT molecular complexity index is 1250. The predicted molar refractivity (Wildman–Crippen MR) is 135 cm³/mol. The van der Waals surface area contributed by atoms with E-state index in [-0.39, 0.29) is 18.1 Å². The summed E-state index contributed by atoms with van der Waals surface area (Å²) in [5, 5.41) is 11.4. The zero-order valence-corrected chi connectivity index (χ0v) is 20.0. The summed E-state index contributed by atoms with van der Waals surface area (Å²) in [5.41, 5.74) is 3.93. The fraction of sp³-hybridized carbons (Fsp3) is 0.296. The molecule has 1 aromatic heterocycles. The zero-order valence-electron chi connectivity index (χ0n) is 19.2. The van der Waals surface area contributed by atoms with Crippen molar-refractivity contribution in [1.82, 2.24) is 9.88 Å². The second-order valence-corrected chi connectivity index (χ2v) is 9.55. The van der Waals surface area contributed by atoms with Crippen LogP contribution in [0, 0.1) is 5.92 Å². The van der Waals surface area contributed by atoms with Gasteiger partial charge >= 0.3 is 5.97 Å². The molecule has 7 nitrogen and oxygen atoms in total. The third-order valence-electron chi connectivity index (χ3n) is 7.26. The van der Waals surface area contributed by atoms with Gasteiger partial charge < -0.3 is 24.4 Å². The summed E-state index contributed by atoms with van der Waals surface area (Å²) in [7, 11) is 1.63. The number of aromatic nitrogens is 1. The first-order valence-corrected chi connectivity index (χ1v) is 12.1. The zero-order chi connectivity index (χ0) is 24.1. The van der Waals surface area contributed by atoms with Crippen LogP contribution in [0.1, 0.15) is 12.0 Å². The number of carbonyl (C=O) groups is 1. The van der Waals surface area contributed by atoms with Gasteiger partial charge in [-0.15, -0.1) is 0 Å². The molecule has 5 atom stereocenters. The quantitative estimate of drug-likeness (QED) is 0.434. The van der Waals surface area contributed by atoms with Gasteiger partial charge in [0.05, 0.1) is 36.9 Å². The third kappa shape index (κ3) is 3.64. The molecule has 0 radical (unpaired) electrons. The summed E-state index contributed by atoms with van der Waals surface area (Å²) in [4.78, 5) is 21.3. The number of nitrogens with zero attached hydrogens (tertiary/aromatic N) is 3. The van der Waals surface area contributed by atoms with Gasteiger partial charge in [-0.1, -0.05) is 30.3 Å². The molecule has 4 heterocycles. The molecule has 1 aliphatic carbocycles. The largest absolute Gasteiger partial charge is 0.497 e. The van der Waals surface area contributed by atoms with Crippen LogP contribution >= 0.6 is 12.2 Å². The molecule has 7 rings (SSSR count). The Labute approximate surface area is 208 Å². The number of carbonyl (C=O) groups excluding carboxylic acids is 1. The van der Waals surface area contributed by atoms with Crippen LogP contribution in [0.2, 0.25) is 0 Å². The number of pyridine rings is 1. The fourth-order valence-corrected chi connectivity index (χ4v) is 6.01. The van der Waals surface area contributed by atoms with Crippen LogP contribution in [0.4, 0.5) is 5.69 Å². The van der Waals surface area contributed by atoms with E-state index in [1.54, 1.807) is 13.3 Å². The lowest BCUT2D eigenvalue weighted by Crippen LogP contribution is -2.66. The van der Waals surface area contributed by atoms with Gasteiger partial charge in [0.1, 0.15) is 11.9 Å². The summed E-state index contributed by atoms with van der Waals surface area (Å²) in [6, 6.07) is 21.4. The van der Waals surface area contributed by atoms with Crippen LogP contribution in [0.3, 0.4) is 0 Å². The molecule has 0 amide bonds. The number of anilines is 1. The van der Waals surface area contributed by atoms with Crippen molar-refractivity contribution in [3.05, 3.63) is 78.5 Å². The molecule has 4 fully saturated rings. The average molecular weight is 488 g/mol. The number of rotatable bonds is 5. The first-order valence-electron chi connectivity index (χ1n) is 11.7. The van der Waals surface area contributed by atoms with Crippen molar-refractivity contribution >= 4 is 29.0 Å². The molecule has 8 heteroatoms. The van der Waals surface area contributed by atoms with Crippen molar-refractivity contribution in [2.24, 2.45) is 5.92 Å². The molecular formula is C27H25N3O4S. The minimum absolute atomic E-state index is 0.196. The number of hydrogen-bond acceptors (Lipinski definition) is 6. The molecule has 1 N–H and O–H groups in total. The van der Waals surface area contributed by atoms with Crippen LogP contribution in [-0.4, -0.2) is 57.5 Å². The van der Waals surface area contributed by atoms with E-state index in [2.05, 4.69) is 39.0 Å². The number of thiocarbonyl (C=S) groups is 1. The van der Waals surface area contributed by atoms with E-state index < -0.39 is 18.1 Å². The van der Waals surface area contributed by atoms with E-state index in [4.69, 9.17) is 21.7 Å². The number of aliphatic hydroxyl groups excluding tert-OH is 1. The normalized spacial score (nSPS) is 27.1. The van der Waals surface area contributed by atoms with Crippen LogP contribution in [0.25, 0.3) is 11.3 Å². The van der Waals surface area contributed by atoms with Crippen molar-refractivity contribution in [3.8, 4) is 17.0 Å². The monoisotopic (exact) mass is 487 g/mol. The first kappa shape index (κ1) is 22.0. The molecular weight excluding hydrogens is 462 g/mol. The number of methoxy groups -OCH3 is 1. The molecule has 0 spiro atoms. The Kier molecular flexibility index (Phi) is 5.42. The molecule has 4 aliphatic rings. The number of esters is 1. The van der Waals surface area contributed by atoms with Crippen LogP contribution in [0.5, 0.6) is 5.75 Å². The van der Waals surface area contributed by atoms with Gasteiger partial charge in [0.25, 0.3) is 0 Å². The van der Waals surface area contributed by atoms with Gasteiger partial charge in [-0.2, -0.15) is 0 Å². The number of aliphatic hydroxyl groups is 1. The van der Waals surface area contributed by atoms with Crippen LogP contribution in [-0.2, 0) is 16.1 Å². The molecule has 2 aromatic carbocycles. The van der Waals surface area contributed by atoms with E-state index in [0.717, 1.165) is 28.3 Å². The maximum absolute atomic E-state index is 12.7. The van der Waals surface area contributed by atoms with Crippen molar-refractivity contribution in [1.29, 1.82) is 0 Å². The summed E-state index contributed by atoms with van der Waals surface area (Å²) in [5.74, 6) is 0.0428. The molecule has 35 heavy (non-hydrogen) atoms. The molecule has 3 aliphatic heterocycles. The van der Waals surface area contributed by atoms with Crippen molar-refractivity contribution in [3.63, 3.8) is 0 Å². The Morgan fingerprint density at radius 3 is 2.54 bits per heavy atom. The number of fused-ring (bicyclic) bond motifs is 2. The Morgan fingerprint density at radius 1 is 1.09 bits per heavy atom. The van der Waals surface area contributed by atoms with Gasteiger partial charge in [0.2, 0.25) is 0 Å². The van der Waals surface area contributed by atoms with Crippen molar-refractivity contribution in [2.75, 3.05) is 12.0 Å². The summed E-state index contributed by atoms with van der Waals surface area (Å²) in [6.45, 7) is 0.544. The van der Waals surface area contributed by atoms with E-state index in [9.17, 15) is 9.90 Å².